The molecule has 0 radical (unpaired) electrons. The van der Waals surface area contributed by atoms with E-state index in [1.54, 1.807) is 0 Å². The molecule has 0 atom stereocenters. The molecule has 112 valence electrons. The minimum atomic E-state index is 0.217. The second-order valence-electron chi connectivity index (χ2n) is 5.44. The van der Waals surface area contributed by atoms with Crippen molar-refractivity contribution in [1.29, 1.82) is 0 Å². The molecular formula is C16H26N2O2. The molecule has 1 fully saturated rings. The average molecular weight is 278 g/mol. The van der Waals surface area contributed by atoms with Crippen LogP contribution in [-0.4, -0.2) is 67.5 Å². The molecule has 1 heterocycles. The van der Waals surface area contributed by atoms with Gasteiger partial charge in [-0.05, 0) is 12.5 Å². The number of ether oxygens (including phenoxy) is 1. The van der Waals surface area contributed by atoms with E-state index in [1.165, 1.54) is 11.1 Å². The number of aliphatic hydroxyl groups excluding tert-OH is 1. The maximum absolute atomic E-state index is 9.23. The van der Waals surface area contributed by atoms with Gasteiger partial charge in [0, 0.05) is 39.3 Å². The zero-order valence-corrected chi connectivity index (χ0v) is 12.4. The molecule has 1 N–H and O–H groups in total. The van der Waals surface area contributed by atoms with Crippen molar-refractivity contribution in [3.63, 3.8) is 0 Å². The molecule has 0 spiro atoms. The second-order valence-corrected chi connectivity index (χ2v) is 5.44. The van der Waals surface area contributed by atoms with Crippen molar-refractivity contribution in [2.75, 3.05) is 52.5 Å². The molecule has 2 rings (SSSR count). The summed E-state index contributed by atoms with van der Waals surface area (Å²) in [6.07, 6.45) is 0. The molecule has 4 nitrogen and oxygen atoms in total. The normalized spacial score (nSPS) is 16.8. The molecule has 0 unspecified atom stereocenters. The largest absolute Gasteiger partial charge is 0.395 e. The van der Waals surface area contributed by atoms with Crippen LogP contribution < -0.4 is 0 Å². The number of aliphatic hydroxyl groups is 1. The van der Waals surface area contributed by atoms with Crippen LogP contribution in [0.3, 0.4) is 0 Å². The molecule has 0 amide bonds. The van der Waals surface area contributed by atoms with E-state index >= 15 is 0 Å². The Morgan fingerprint density at radius 2 is 2.05 bits per heavy atom. The van der Waals surface area contributed by atoms with E-state index in [0.29, 0.717) is 0 Å². The Hall–Kier alpha value is -0.940. The van der Waals surface area contributed by atoms with Gasteiger partial charge in [-0.1, -0.05) is 29.8 Å². The summed E-state index contributed by atoms with van der Waals surface area (Å²) in [7, 11) is 0. The molecule has 0 aliphatic carbocycles. The molecule has 0 aromatic heterocycles. The number of rotatable bonds is 7. The fourth-order valence-electron chi connectivity index (χ4n) is 2.59. The summed E-state index contributed by atoms with van der Waals surface area (Å²) in [6.45, 7) is 9.77. The third kappa shape index (κ3) is 5.21. The van der Waals surface area contributed by atoms with E-state index in [0.717, 1.165) is 52.5 Å². The molecule has 1 saturated heterocycles. The highest BCUT2D eigenvalue weighted by Gasteiger charge is 2.12. The quantitative estimate of drug-likeness (QED) is 0.811. The van der Waals surface area contributed by atoms with Gasteiger partial charge in [0.25, 0.3) is 0 Å². The summed E-state index contributed by atoms with van der Waals surface area (Å²) in [5.74, 6) is 0. The first-order chi connectivity index (χ1) is 9.78. The zero-order chi connectivity index (χ0) is 14.2. The predicted octanol–water partition coefficient (Wildman–Crippen LogP) is 1.12. The van der Waals surface area contributed by atoms with Gasteiger partial charge in [-0.3, -0.25) is 9.80 Å². The maximum atomic E-state index is 9.23. The van der Waals surface area contributed by atoms with Crippen LogP contribution in [-0.2, 0) is 11.3 Å². The number of morpholine rings is 1. The van der Waals surface area contributed by atoms with Crippen LogP contribution >= 0.6 is 0 Å². The van der Waals surface area contributed by atoms with E-state index in [4.69, 9.17) is 4.74 Å². The van der Waals surface area contributed by atoms with Gasteiger partial charge < -0.3 is 9.84 Å². The Morgan fingerprint density at radius 3 is 2.75 bits per heavy atom. The van der Waals surface area contributed by atoms with E-state index < -0.39 is 0 Å². The number of hydrogen-bond donors (Lipinski definition) is 1. The van der Waals surface area contributed by atoms with Crippen molar-refractivity contribution in [3.05, 3.63) is 35.4 Å². The van der Waals surface area contributed by atoms with Gasteiger partial charge in [-0.2, -0.15) is 0 Å². The second kappa shape index (κ2) is 8.37. The van der Waals surface area contributed by atoms with Crippen molar-refractivity contribution in [1.82, 2.24) is 9.80 Å². The van der Waals surface area contributed by atoms with Crippen molar-refractivity contribution in [3.8, 4) is 0 Å². The minimum Gasteiger partial charge on any atom is -0.395 e. The first kappa shape index (κ1) is 15.4. The first-order valence-electron chi connectivity index (χ1n) is 7.47. The molecule has 0 saturated carbocycles. The first-order valence-corrected chi connectivity index (χ1v) is 7.47. The predicted molar refractivity (Wildman–Crippen MR) is 80.8 cm³/mol. The average Bonchev–Trinajstić information content (AvgIpc) is 2.46. The standard InChI is InChI=1S/C16H26N2O2/c1-15-3-2-4-16(13-15)14-18(7-10-19)6-5-17-8-11-20-12-9-17/h2-4,13,19H,5-12,14H2,1H3. The topological polar surface area (TPSA) is 35.9 Å². The highest BCUT2D eigenvalue weighted by atomic mass is 16.5. The maximum Gasteiger partial charge on any atom is 0.0594 e. The van der Waals surface area contributed by atoms with Crippen molar-refractivity contribution in [2.45, 2.75) is 13.5 Å². The fourth-order valence-corrected chi connectivity index (χ4v) is 2.59. The van der Waals surface area contributed by atoms with Gasteiger partial charge in [0.05, 0.1) is 19.8 Å². The number of benzene rings is 1. The Morgan fingerprint density at radius 1 is 1.25 bits per heavy atom. The lowest BCUT2D eigenvalue weighted by atomic mass is 10.1. The third-order valence-corrected chi connectivity index (χ3v) is 3.74. The fraction of sp³-hybridized carbons (Fsp3) is 0.625. The molecule has 20 heavy (non-hydrogen) atoms. The van der Waals surface area contributed by atoms with E-state index in [9.17, 15) is 5.11 Å². The highest BCUT2D eigenvalue weighted by molar-refractivity contribution is 5.22. The lowest BCUT2D eigenvalue weighted by molar-refractivity contribution is 0.0320. The van der Waals surface area contributed by atoms with Crippen LogP contribution in [0.5, 0.6) is 0 Å². The van der Waals surface area contributed by atoms with E-state index in [-0.39, 0.29) is 6.61 Å². The van der Waals surface area contributed by atoms with Gasteiger partial charge in [-0.25, -0.2) is 0 Å². The van der Waals surface area contributed by atoms with Gasteiger partial charge in [0.1, 0.15) is 0 Å². The monoisotopic (exact) mass is 278 g/mol. The Balaban J connectivity index is 1.82. The van der Waals surface area contributed by atoms with E-state index in [1.807, 2.05) is 0 Å². The SMILES string of the molecule is Cc1cccc(CN(CCO)CCN2CCOCC2)c1. The van der Waals surface area contributed by atoms with Crippen molar-refractivity contribution < 1.29 is 9.84 Å². The number of aryl methyl sites for hydroxylation is 1. The lowest BCUT2D eigenvalue weighted by Crippen LogP contribution is -2.41. The Bertz CT molecular complexity index is 392. The molecular weight excluding hydrogens is 252 g/mol. The molecule has 1 aliphatic rings. The summed E-state index contributed by atoms with van der Waals surface area (Å²) in [5.41, 5.74) is 2.61. The van der Waals surface area contributed by atoms with Crippen LogP contribution in [0.1, 0.15) is 11.1 Å². The van der Waals surface area contributed by atoms with Gasteiger partial charge in [0.2, 0.25) is 0 Å². The molecule has 0 bridgehead atoms. The van der Waals surface area contributed by atoms with Crippen LogP contribution in [0.4, 0.5) is 0 Å². The molecule has 4 heteroatoms. The molecule has 1 aromatic carbocycles. The smallest absolute Gasteiger partial charge is 0.0594 e. The van der Waals surface area contributed by atoms with E-state index in [2.05, 4.69) is 41.0 Å². The van der Waals surface area contributed by atoms with Crippen LogP contribution in [0.15, 0.2) is 24.3 Å². The Labute approximate surface area is 122 Å². The van der Waals surface area contributed by atoms with Crippen LogP contribution in [0.2, 0.25) is 0 Å². The van der Waals surface area contributed by atoms with Crippen molar-refractivity contribution in [2.24, 2.45) is 0 Å². The number of hydrogen-bond acceptors (Lipinski definition) is 4. The van der Waals surface area contributed by atoms with Gasteiger partial charge in [-0.15, -0.1) is 0 Å². The summed E-state index contributed by atoms with van der Waals surface area (Å²) < 4.78 is 5.37. The minimum absolute atomic E-state index is 0.217. The summed E-state index contributed by atoms with van der Waals surface area (Å²) in [6, 6.07) is 8.60. The number of nitrogens with zero attached hydrogens (tertiary/aromatic N) is 2. The summed E-state index contributed by atoms with van der Waals surface area (Å²) >= 11 is 0. The third-order valence-electron chi connectivity index (χ3n) is 3.74. The van der Waals surface area contributed by atoms with Crippen LogP contribution in [0, 0.1) is 6.92 Å². The molecule has 1 aromatic rings. The van der Waals surface area contributed by atoms with Crippen LogP contribution in [0.25, 0.3) is 0 Å². The Kier molecular flexibility index (Phi) is 6.47. The molecule has 1 aliphatic heterocycles. The highest BCUT2D eigenvalue weighted by Crippen LogP contribution is 2.08. The zero-order valence-electron chi connectivity index (χ0n) is 12.4. The van der Waals surface area contributed by atoms with Gasteiger partial charge in [0.15, 0.2) is 0 Å². The van der Waals surface area contributed by atoms with Gasteiger partial charge >= 0.3 is 0 Å². The van der Waals surface area contributed by atoms with Crippen molar-refractivity contribution >= 4 is 0 Å². The lowest BCUT2D eigenvalue weighted by Gasteiger charge is -2.29. The summed E-state index contributed by atoms with van der Waals surface area (Å²) in [5, 5.41) is 9.23. The summed E-state index contributed by atoms with van der Waals surface area (Å²) in [4.78, 5) is 4.76.